The first-order valence-electron chi connectivity index (χ1n) is 11.5. The Morgan fingerprint density at radius 3 is 2.61 bits per heavy atom. The summed E-state index contributed by atoms with van der Waals surface area (Å²) < 4.78 is 0. The van der Waals surface area contributed by atoms with Crippen LogP contribution in [-0.4, -0.2) is 0 Å². The number of halogens is 1. The van der Waals surface area contributed by atoms with Gasteiger partial charge in [-0.1, -0.05) is 66.4 Å². The molecular weight excluding hydrogens is 396 g/mol. The number of hydrogen-bond acceptors (Lipinski definition) is 0. The lowest BCUT2D eigenvalue weighted by atomic mass is 9.66. The van der Waals surface area contributed by atoms with Crippen molar-refractivity contribution in [3.05, 3.63) is 88.0 Å². The van der Waals surface area contributed by atoms with Crippen molar-refractivity contribution < 1.29 is 0 Å². The Balaban J connectivity index is 1.78. The largest absolute Gasteiger partial charge is 0.115 e. The number of benzene rings is 2. The average Bonchev–Trinajstić information content (AvgIpc) is 2.88. The Morgan fingerprint density at radius 2 is 1.87 bits per heavy atom. The molecule has 3 atom stereocenters. The zero-order chi connectivity index (χ0) is 21.6. The minimum Gasteiger partial charge on any atom is -0.115 e. The second-order valence-corrected chi connectivity index (χ2v) is 9.88. The highest BCUT2D eigenvalue weighted by Crippen LogP contribution is 2.60. The Labute approximate surface area is 191 Å². The van der Waals surface area contributed by atoms with Crippen molar-refractivity contribution in [2.24, 2.45) is 11.8 Å². The molecule has 0 amide bonds. The first-order chi connectivity index (χ1) is 15.1. The SMILES string of the molecule is C#C/C=C1\C(=C/C)c2ccc(-c3ccc(Cl)cc3)cc2C12CCC1CCC2=CC(C)C1. The Hall–Kier alpha value is -2.49. The molecule has 3 unspecified atom stereocenters. The zero-order valence-electron chi connectivity index (χ0n) is 18.4. The Kier molecular flexibility index (Phi) is 5.19. The van der Waals surface area contributed by atoms with Crippen LogP contribution in [-0.2, 0) is 5.41 Å². The summed E-state index contributed by atoms with van der Waals surface area (Å²) in [5.74, 6) is 4.34. The van der Waals surface area contributed by atoms with Gasteiger partial charge in [0.05, 0.1) is 0 Å². The van der Waals surface area contributed by atoms with Crippen LogP contribution in [0.4, 0.5) is 0 Å². The third-order valence-electron chi connectivity index (χ3n) is 7.70. The highest BCUT2D eigenvalue weighted by Gasteiger charge is 2.49. The minimum absolute atomic E-state index is 0.0879. The van der Waals surface area contributed by atoms with E-state index >= 15 is 0 Å². The predicted octanol–water partition coefficient (Wildman–Crippen LogP) is 8.38. The fraction of sp³-hybridized carbons (Fsp3) is 0.333. The van der Waals surface area contributed by atoms with E-state index in [1.807, 2.05) is 12.1 Å². The highest BCUT2D eigenvalue weighted by atomic mass is 35.5. The quantitative estimate of drug-likeness (QED) is 0.318. The normalized spacial score (nSPS) is 29.5. The molecule has 0 saturated heterocycles. The third-order valence-corrected chi connectivity index (χ3v) is 7.95. The van der Waals surface area contributed by atoms with E-state index in [9.17, 15) is 0 Å². The molecular formula is C30H29Cl. The molecule has 2 aromatic carbocycles. The topological polar surface area (TPSA) is 0 Å². The lowest BCUT2D eigenvalue weighted by molar-refractivity contribution is 0.372. The van der Waals surface area contributed by atoms with Crippen LogP contribution in [0.15, 0.2) is 71.8 Å². The van der Waals surface area contributed by atoms with Crippen LogP contribution in [0, 0.1) is 24.2 Å². The second kappa shape index (κ2) is 7.89. The molecule has 0 aliphatic heterocycles. The molecule has 0 nitrogen and oxygen atoms in total. The highest BCUT2D eigenvalue weighted by molar-refractivity contribution is 6.30. The van der Waals surface area contributed by atoms with E-state index in [2.05, 4.69) is 68.3 Å². The van der Waals surface area contributed by atoms with Crippen molar-refractivity contribution in [2.45, 2.75) is 51.4 Å². The average molecular weight is 425 g/mol. The maximum absolute atomic E-state index is 6.15. The van der Waals surface area contributed by atoms with Gasteiger partial charge in [0.25, 0.3) is 0 Å². The number of fused-ring (bicyclic) bond motifs is 6. The monoisotopic (exact) mass is 424 g/mol. The van der Waals surface area contributed by atoms with Crippen LogP contribution in [0.3, 0.4) is 0 Å². The minimum atomic E-state index is -0.0879. The van der Waals surface area contributed by atoms with E-state index in [-0.39, 0.29) is 5.41 Å². The summed E-state index contributed by atoms with van der Waals surface area (Å²) >= 11 is 6.15. The van der Waals surface area contributed by atoms with Crippen LogP contribution in [0.1, 0.15) is 57.1 Å². The van der Waals surface area contributed by atoms with E-state index in [1.165, 1.54) is 59.1 Å². The molecule has 0 radical (unpaired) electrons. The van der Waals surface area contributed by atoms with Crippen molar-refractivity contribution in [3.8, 4) is 23.5 Å². The molecule has 0 N–H and O–H groups in total. The summed E-state index contributed by atoms with van der Waals surface area (Å²) in [6, 6.07) is 15.2. The molecule has 1 fully saturated rings. The van der Waals surface area contributed by atoms with E-state index in [4.69, 9.17) is 18.0 Å². The molecule has 5 rings (SSSR count). The third kappa shape index (κ3) is 3.22. The summed E-state index contributed by atoms with van der Waals surface area (Å²) in [6.45, 7) is 4.53. The standard InChI is InChI=1S/C30H29Cl/c1-4-6-28-26(5-2)27-14-10-23(22-8-12-25(31)13-9-22)19-29(27)30(28)16-15-21-7-11-24(30)18-20(3)17-21/h1,5-6,8-10,12-14,18-21H,7,11,15-17H2,2-3H3/b26-5-,28-6+. The van der Waals surface area contributed by atoms with Gasteiger partial charge in [-0.25, -0.2) is 0 Å². The van der Waals surface area contributed by atoms with Crippen LogP contribution in [0.25, 0.3) is 16.7 Å². The van der Waals surface area contributed by atoms with Crippen LogP contribution < -0.4 is 0 Å². The van der Waals surface area contributed by atoms with Crippen molar-refractivity contribution in [1.29, 1.82) is 0 Å². The molecule has 2 bridgehead atoms. The molecule has 31 heavy (non-hydrogen) atoms. The molecule has 0 heterocycles. The molecule has 1 saturated carbocycles. The summed E-state index contributed by atoms with van der Waals surface area (Å²) in [4.78, 5) is 0. The summed E-state index contributed by atoms with van der Waals surface area (Å²) in [7, 11) is 0. The van der Waals surface area contributed by atoms with Gasteiger partial charge in [-0.2, -0.15) is 0 Å². The maximum Gasteiger partial charge on any atom is 0.0430 e. The number of allylic oxidation sites excluding steroid dienone is 6. The molecule has 1 heteroatoms. The summed E-state index contributed by atoms with van der Waals surface area (Å²) in [5, 5.41) is 0.771. The van der Waals surface area contributed by atoms with Gasteiger partial charge in [0.15, 0.2) is 0 Å². The lowest BCUT2D eigenvalue weighted by Gasteiger charge is -2.36. The fourth-order valence-electron chi connectivity index (χ4n) is 6.38. The predicted molar refractivity (Wildman–Crippen MR) is 133 cm³/mol. The number of rotatable bonds is 1. The van der Waals surface area contributed by atoms with Crippen molar-refractivity contribution >= 4 is 17.2 Å². The van der Waals surface area contributed by atoms with E-state index < -0.39 is 0 Å². The Bertz CT molecular complexity index is 1150. The summed E-state index contributed by atoms with van der Waals surface area (Å²) in [5.41, 5.74) is 9.39. The molecule has 156 valence electrons. The first-order valence-corrected chi connectivity index (χ1v) is 11.9. The van der Waals surface area contributed by atoms with E-state index in [1.54, 1.807) is 5.57 Å². The van der Waals surface area contributed by atoms with E-state index in [0.717, 1.165) is 17.4 Å². The lowest BCUT2D eigenvalue weighted by Crippen LogP contribution is -2.29. The van der Waals surface area contributed by atoms with Crippen LogP contribution in [0.5, 0.6) is 0 Å². The van der Waals surface area contributed by atoms with Gasteiger partial charge in [0.2, 0.25) is 0 Å². The van der Waals surface area contributed by atoms with Gasteiger partial charge in [0, 0.05) is 10.4 Å². The number of terminal acetylenes is 1. The van der Waals surface area contributed by atoms with Crippen molar-refractivity contribution in [2.75, 3.05) is 0 Å². The van der Waals surface area contributed by atoms with Gasteiger partial charge >= 0.3 is 0 Å². The van der Waals surface area contributed by atoms with Crippen molar-refractivity contribution in [1.82, 2.24) is 0 Å². The van der Waals surface area contributed by atoms with E-state index in [0.29, 0.717) is 5.92 Å². The smallest absolute Gasteiger partial charge is 0.0430 e. The molecule has 1 spiro atoms. The van der Waals surface area contributed by atoms with Crippen LogP contribution in [0.2, 0.25) is 5.02 Å². The summed E-state index contributed by atoms with van der Waals surface area (Å²) in [6.07, 6.45) is 19.0. The molecule has 0 aromatic heterocycles. The number of hydrogen-bond donors (Lipinski definition) is 0. The van der Waals surface area contributed by atoms with Crippen molar-refractivity contribution in [3.63, 3.8) is 0 Å². The fourth-order valence-corrected chi connectivity index (χ4v) is 6.51. The second-order valence-electron chi connectivity index (χ2n) is 9.45. The van der Waals surface area contributed by atoms with Crippen LogP contribution >= 0.6 is 11.6 Å². The molecule has 3 aliphatic rings. The van der Waals surface area contributed by atoms with Gasteiger partial charge in [-0.05, 0) is 109 Å². The maximum atomic E-state index is 6.15. The zero-order valence-corrected chi connectivity index (χ0v) is 19.2. The van der Waals surface area contributed by atoms with Gasteiger partial charge < -0.3 is 0 Å². The Morgan fingerprint density at radius 1 is 1.10 bits per heavy atom. The van der Waals surface area contributed by atoms with Gasteiger partial charge in [-0.15, -0.1) is 6.42 Å². The molecule has 3 aliphatic carbocycles. The van der Waals surface area contributed by atoms with Gasteiger partial charge in [-0.3, -0.25) is 0 Å². The molecule has 2 aromatic rings. The first kappa shape index (κ1) is 20.4. The van der Waals surface area contributed by atoms with Gasteiger partial charge in [0.1, 0.15) is 0 Å².